The van der Waals surface area contributed by atoms with Crippen LogP contribution in [-0.4, -0.2) is 22.1 Å². The van der Waals surface area contributed by atoms with Gasteiger partial charge in [-0.15, -0.1) is 0 Å². The number of pyridine rings is 1. The Bertz CT molecular complexity index is 1360. The van der Waals surface area contributed by atoms with Gasteiger partial charge in [-0.1, -0.05) is 68.3 Å². The lowest BCUT2D eigenvalue weighted by Crippen LogP contribution is -2.30. The lowest BCUT2D eigenvalue weighted by atomic mass is 10.0. The minimum Gasteiger partial charge on any atom is -0.487 e. The third-order valence-electron chi connectivity index (χ3n) is 6.87. The Morgan fingerprint density at radius 2 is 1.56 bits per heavy atom. The lowest BCUT2D eigenvalue weighted by molar-refractivity contribution is 0.0696. The van der Waals surface area contributed by atoms with Crippen LogP contribution in [0.5, 0.6) is 5.75 Å². The van der Waals surface area contributed by atoms with E-state index in [0.29, 0.717) is 18.4 Å². The van der Waals surface area contributed by atoms with Gasteiger partial charge in [0.25, 0.3) is 0 Å². The third kappa shape index (κ3) is 7.93. The largest absolute Gasteiger partial charge is 0.487 e. The molecule has 39 heavy (non-hydrogen) atoms. The second-order valence-corrected chi connectivity index (χ2v) is 10.2. The predicted octanol–water partition coefficient (Wildman–Crippen LogP) is 8.17. The first-order valence-electron chi connectivity index (χ1n) is 13.8. The van der Waals surface area contributed by atoms with E-state index in [4.69, 9.17) is 4.74 Å². The number of benzene rings is 3. The molecule has 4 rings (SSSR count). The van der Waals surface area contributed by atoms with Crippen molar-refractivity contribution in [1.29, 1.82) is 0 Å². The number of carboxylic acid groups (broad SMARTS) is 1. The van der Waals surface area contributed by atoms with Gasteiger partial charge in [-0.3, -0.25) is 4.98 Å². The minimum absolute atomic E-state index is 0.108. The first-order chi connectivity index (χ1) is 18.9. The van der Waals surface area contributed by atoms with Gasteiger partial charge in [-0.2, -0.15) is 0 Å². The van der Waals surface area contributed by atoms with E-state index in [-0.39, 0.29) is 5.56 Å². The Hall–Kier alpha value is -4.12. The first kappa shape index (κ1) is 27.9. The Balaban J connectivity index is 1.45. The van der Waals surface area contributed by atoms with Crippen molar-refractivity contribution < 1.29 is 14.6 Å². The molecule has 1 aromatic heterocycles. The molecule has 0 bridgehead atoms. The zero-order valence-corrected chi connectivity index (χ0v) is 23.1. The number of hydrogen-bond donors (Lipinski definition) is 1. The van der Waals surface area contributed by atoms with Gasteiger partial charge in [0.05, 0.1) is 11.8 Å². The number of rotatable bonds is 13. The summed E-state index contributed by atoms with van der Waals surface area (Å²) >= 11 is 0. The van der Waals surface area contributed by atoms with Crippen LogP contribution in [0.3, 0.4) is 0 Å². The quantitative estimate of drug-likeness (QED) is 0.179. The van der Waals surface area contributed by atoms with E-state index in [9.17, 15) is 9.90 Å². The standard InChI is InChI=1S/C34H38N2O3/c1-4-5-6-9-26-14-16-32(17-15-26)36(25(2)3)23-27-10-7-12-29(18-27)30-13-8-11-28(19-30)24-39-33-20-31(34(37)38)21-35-22-33/h7-8,10-22,25H,4-6,9,23-24H2,1-3H3,(H,37,38). The summed E-state index contributed by atoms with van der Waals surface area (Å²) in [5.41, 5.74) is 7.29. The lowest BCUT2D eigenvalue weighted by Gasteiger charge is -2.29. The Labute approximate surface area is 232 Å². The Kier molecular flexibility index (Phi) is 9.74. The zero-order chi connectivity index (χ0) is 27.6. The van der Waals surface area contributed by atoms with Crippen LogP contribution in [0.25, 0.3) is 11.1 Å². The van der Waals surface area contributed by atoms with Gasteiger partial charge >= 0.3 is 5.97 Å². The maximum absolute atomic E-state index is 11.2. The number of aryl methyl sites for hydroxylation is 1. The smallest absolute Gasteiger partial charge is 0.337 e. The highest BCUT2D eigenvalue weighted by molar-refractivity contribution is 5.87. The van der Waals surface area contributed by atoms with Crippen molar-refractivity contribution >= 4 is 11.7 Å². The van der Waals surface area contributed by atoms with Crippen LogP contribution in [0.4, 0.5) is 5.69 Å². The topological polar surface area (TPSA) is 62.7 Å². The van der Waals surface area contributed by atoms with Gasteiger partial charge in [0.15, 0.2) is 0 Å². The fraction of sp³-hybridized carbons (Fsp3) is 0.294. The number of unbranched alkanes of at least 4 members (excludes halogenated alkanes) is 2. The molecule has 5 heteroatoms. The molecule has 0 fully saturated rings. The second-order valence-electron chi connectivity index (χ2n) is 10.2. The van der Waals surface area contributed by atoms with Crippen molar-refractivity contribution in [2.24, 2.45) is 0 Å². The number of ether oxygens (including phenoxy) is 1. The maximum atomic E-state index is 11.2. The number of nitrogens with zero attached hydrogens (tertiary/aromatic N) is 2. The van der Waals surface area contributed by atoms with Crippen LogP contribution in [-0.2, 0) is 19.6 Å². The molecule has 0 amide bonds. The van der Waals surface area contributed by atoms with Crippen LogP contribution in [0, 0.1) is 0 Å². The summed E-state index contributed by atoms with van der Waals surface area (Å²) in [5.74, 6) is -0.588. The first-order valence-corrected chi connectivity index (χ1v) is 13.8. The van der Waals surface area contributed by atoms with E-state index in [0.717, 1.165) is 29.7 Å². The molecule has 1 heterocycles. The molecule has 3 aromatic carbocycles. The van der Waals surface area contributed by atoms with Crippen molar-refractivity contribution in [2.45, 2.75) is 65.6 Å². The van der Waals surface area contributed by atoms with Gasteiger partial charge in [0.2, 0.25) is 0 Å². The number of aromatic carboxylic acids is 1. The molecule has 0 aliphatic heterocycles. The van der Waals surface area contributed by atoms with Gasteiger partial charge in [0.1, 0.15) is 12.4 Å². The van der Waals surface area contributed by atoms with E-state index in [1.807, 2.05) is 12.1 Å². The van der Waals surface area contributed by atoms with Crippen molar-refractivity contribution in [1.82, 2.24) is 4.98 Å². The molecular formula is C34H38N2O3. The average molecular weight is 523 g/mol. The summed E-state index contributed by atoms with van der Waals surface area (Å²) in [7, 11) is 0. The SMILES string of the molecule is CCCCCc1ccc(N(Cc2cccc(-c3cccc(COc4cncc(C(=O)O)c4)c3)c2)C(C)C)cc1. The predicted molar refractivity (Wildman–Crippen MR) is 158 cm³/mol. The molecular weight excluding hydrogens is 484 g/mol. The van der Waals surface area contributed by atoms with E-state index in [1.54, 1.807) is 0 Å². The zero-order valence-electron chi connectivity index (χ0n) is 23.1. The van der Waals surface area contributed by atoms with Gasteiger partial charge in [0, 0.05) is 24.5 Å². The molecule has 0 spiro atoms. The molecule has 0 aliphatic carbocycles. The summed E-state index contributed by atoms with van der Waals surface area (Å²) < 4.78 is 5.83. The van der Waals surface area contributed by atoms with Gasteiger partial charge in [-0.05, 0) is 84.8 Å². The monoisotopic (exact) mass is 522 g/mol. The fourth-order valence-electron chi connectivity index (χ4n) is 4.67. The molecule has 0 aliphatic rings. The highest BCUT2D eigenvalue weighted by Crippen LogP contribution is 2.26. The number of carbonyl (C=O) groups is 1. The maximum Gasteiger partial charge on any atom is 0.337 e. The number of carboxylic acids is 1. The summed E-state index contributed by atoms with van der Waals surface area (Å²) in [6, 6.07) is 27.9. The summed E-state index contributed by atoms with van der Waals surface area (Å²) in [4.78, 5) is 17.6. The molecule has 0 unspecified atom stereocenters. The third-order valence-corrected chi connectivity index (χ3v) is 6.87. The van der Waals surface area contributed by atoms with Crippen LogP contribution >= 0.6 is 0 Å². The van der Waals surface area contributed by atoms with Gasteiger partial charge in [-0.25, -0.2) is 4.79 Å². The molecule has 5 nitrogen and oxygen atoms in total. The number of hydrogen-bond acceptors (Lipinski definition) is 4. The summed E-state index contributed by atoms with van der Waals surface area (Å²) in [5, 5.41) is 9.18. The Morgan fingerprint density at radius 1 is 0.872 bits per heavy atom. The summed E-state index contributed by atoms with van der Waals surface area (Å²) in [6.07, 6.45) is 7.76. The highest BCUT2D eigenvalue weighted by Gasteiger charge is 2.13. The van der Waals surface area contributed by atoms with E-state index in [2.05, 4.69) is 91.3 Å². The van der Waals surface area contributed by atoms with Crippen molar-refractivity contribution in [2.75, 3.05) is 4.90 Å². The van der Waals surface area contributed by atoms with Gasteiger partial charge < -0.3 is 14.7 Å². The number of anilines is 1. The van der Waals surface area contributed by atoms with Crippen molar-refractivity contribution in [3.63, 3.8) is 0 Å². The molecule has 0 atom stereocenters. The van der Waals surface area contributed by atoms with E-state index in [1.165, 1.54) is 54.5 Å². The second kappa shape index (κ2) is 13.6. The van der Waals surface area contributed by atoms with Crippen LogP contribution in [0.15, 0.2) is 91.3 Å². The van der Waals surface area contributed by atoms with E-state index >= 15 is 0 Å². The Morgan fingerprint density at radius 3 is 2.23 bits per heavy atom. The van der Waals surface area contributed by atoms with Crippen LogP contribution in [0.1, 0.15) is 67.1 Å². The van der Waals surface area contributed by atoms with Crippen molar-refractivity contribution in [3.05, 3.63) is 114 Å². The summed E-state index contributed by atoms with van der Waals surface area (Å²) in [6.45, 7) is 7.88. The molecule has 4 aromatic rings. The average Bonchev–Trinajstić information content (AvgIpc) is 2.96. The van der Waals surface area contributed by atoms with E-state index < -0.39 is 5.97 Å². The minimum atomic E-state index is -1.02. The highest BCUT2D eigenvalue weighted by atomic mass is 16.5. The molecule has 0 saturated carbocycles. The molecule has 0 radical (unpaired) electrons. The van der Waals surface area contributed by atoms with Crippen molar-refractivity contribution in [3.8, 4) is 16.9 Å². The fourth-order valence-corrected chi connectivity index (χ4v) is 4.67. The van der Waals surface area contributed by atoms with Crippen LogP contribution < -0.4 is 9.64 Å². The number of aromatic nitrogens is 1. The van der Waals surface area contributed by atoms with Crippen LogP contribution in [0.2, 0.25) is 0 Å². The molecule has 0 saturated heterocycles. The normalized spacial score (nSPS) is 11.0. The molecule has 202 valence electrons. The molecule has 1 N–H and O–H groups in total.